The monoisotopic (exact) mass is 251 g/mol. The van der Waals surface area contributed by atoms with Gasteiger partial charge in [-0.3, -0.25) is 9.89 Å². The van der Waals surface area contributed by atoms with E-state index in [9.17, 15) is 9.90 Å². The van der Waals surface area contributed by atoms with Crippen LogP contribution in [-0.2, 0) is 12.8 Å². The predicted molar refractivity (Wildman–Crippen MR) is 68.5 cm³/mol. The molecule has 0 bridgehead atoms. The Kier molecular flexibility index (Phi) is 4.36. The van der Waals surface area contributed by atoms with Gasteiger partial charge in [-0.05, 0) is 32.1 Å². The molecule has 100 valence electrons. The molecular formula is C13H21N3O2. The lowest BCUT2D eigenvalue weighted by Crippen LogP contribution is -2.32. The summed E-state index contributed by atoms with van der Waals surface area (Å²) in [6.45, 7) is 2.31. The number of aryl methyl sites for hydroxylation is 1. The van der Waals surface area contributed by atoms with E-state index in [1.165, 1.54) is 0 Å². The van der Waals surface area contributed by atoms with Crippen LogP contribution < -0.4 is 5.32 Å². The molecule has 3 N–H and O–H groups in total. The van der Waals surface area contributed by atoms with Gasteiger partial charge in [-0.25, -0.2) is 0 Å². The normalized spacial score (nSPS) is 16.1. The molecule has 0 saturated carbocycles. The van der Waals surface area contributed by atoms with Crippen molar-refractivity contribution in [2.75, 3.05) is 6.54 Å². The first-order valence-electron chi connectivity index (χ1n) is 6.74. The Morgan fingerprint density at radius 2 is 2.28 bits per heavy atom. The minimum atomic E-state index is -0.464. The van der Waals surface area contributed by atoms with Gasteiger partial charge in [-0.2, -0.15) is 5.10 Å². The molecule has 1 heterocycles. The smallest absolute Gasteiger partial charge is 0.272 e. The van der Waals surface area contributed by atoms with Crippen LogP contribution in [0.2, 0.25) is 0 Å². The Morgan fingerprint density at radius 3 is 3.06 bits per heavy atom. The number of aliphatic hydroxyl groups is 1. The number of nitrogens with one attached hydrogen (secondary N) is 2. The molecule has 1 atom stereocenters. The zero-order valence-corrected chi connectivity index (χ0v) is 10.8. The van der Waals surface area contributed by atoms with Crippen LogP contribution in [0.15, 0.2) is 0 Å². The van der Waals surface area contributed by atoms with E-state index >= 15 is 0 Å². The van der Waals surface area contributed by atoms with Crippen LogP contribution in [0.25, 0.3) is 0 Å². The molecule has 0 saturated heterocycles. The number of amides is 1. The third-order valence-electron chi connectivity index (χ3n) is 3.39. The minimum Gasteiger partial charge on any atom is -0.391 e. The molecule has 0 aromatic carbocycles. The van der Waals surface area contributed by atoms with Gasteiger partial charge in [0.25, 0.3) is 5.91 Å². The van der Waals surface area contributed by atoms with Gasteiger partial charge in [0.05, 0.1) is 6.10 Å². The topological polar surface area (TPSA) is 78.0 Å². The number of hydrogen-bond donors (Lipinski definition) is 3. The van der Waals surface area contributed by atoms with Gasteiger partial charge in [0.2, 0.25) is 0 Å². The van der Waals surface area contributed by atoms with E-state index in [1.54, 1.807) is 0 Å². The first-order chi connectivity index (χ1) is 8.72. The molecule has 1 amide bonds. The summed E-state index contributed by atoms with van der Waals surface area (Å²) in [4.78, 5) is 12.0. The second-order valence-electron chi connectivity index (χ2n) is 4.89. The maximum absolute atomic E-state index is 12.0. The standard InChI is InChI=1S/C13H21N3O2/c1-2-5-9(17)8-14-13(18)12-10-6-3-4-7-11(10)15-16-12/h9,17H,2-8H2,1H3,(H,14,18)(H,15,16). The van der Waals surface area contributed by atoms with Gasteiger partial charge in [0.1, 0.15) is 0 Å². The van der Waals surface area contributed by atoms with Crippen molar-refractivity contribution in [1.29, 1.82) is 0 Å². The van der Waals surface area contributed by atoms with Crippen molar-refractivity contribution in [3.63, 3.8) is 0 Å². The van der Waals surface area contributed by atoms with Gasteiger partial charge < -0.3 is 10.4 Å². The van der Waals surface area contributed by atoms with E-state index in [0.717, 1.165) is 43.4 Å². The molecule has 5 heteroatoms. The van der Waals surface area contributed by atoms with Crippen molar-refractivity contribution in [2.24, 2.45) is 0 Å². The summed E-state index contributed by atoms with van der Waals surface area (Å²) in [5, 5.41) is 19.4. The van der Waals surface area contributed by atoms with E-state index in [1.807, 2.05) is 6.92 Å². The molecule has 18 heavy (non-hydrogen) atoms. The molecule has 1 aromatic rings. The molecule has 0 radical (unpaired) electrons. The average Bonchev–Trinajstić information content (AvgIpc) is 2.80. The Balaban J connectivity index is 1.95. The lowest BCUT2D eigenvalue weighted by atomic mass is 9.96. The first-order valence-corrected chi connectivity index (χ1v) is 6.74. The highest BCUT2D eigenvalue weighted by atomic mass is 16.3. The van der Waals surface area contributed by atoms with Crippen LogP contribution in [-0.4, -0.2) is 33.9 Å². The minimum absolute atomic E-state index is 0.176. The van der Waals surface area contributed by atoms with Crippen molar-refractivity contribution in [2.45, 2.75) is 51.6 Å². The summed E-state index contributed by atoms with van der Waals surface area (Å²) in [6.07, 6.45) is 5.33. The molecule has 1 aromatic heterocycles. The number of hydrogen-bond acceptors (Lipinski definition) is 3. The number of aliphatic hydroxyl groups excluding tert-OH is 1. The lowest BCUT2D eigenvalue weighted by molar-refractivity contribution is 0.0904. The van der Waals surface area contributed by atoms with Crippen molar-refractivity contribution >= 4 is 5.91 Å². The number of H-pyrrole nitrogens is 1. The molecule has 0 spiro atoms. The van der Waals surface area contributed by atoms with E-state index in [4.69, 9.17) is 0 Å². The van der Waals surface area contributed by atoms with Gasteiger partial charge >= 0.3 is 0 Å². The summed E-state index contributed by atoms with van der Waals surface area (Å²) in [5.41, 5.74) is 2.66. The second-order valence-corrected chi connectivity index (χ2v) is 4.89. The average molecular weight is 251 g/mol. The van der Waals surface area contributed by atoms with Gasteiger partial charge in [0, 0.05) is 17.8 Å². The number of carbonyl (C=O) groups excluding carboxylic acids is 1. The first kappa shape index (κ1) is 13.1. The van der Waals surface area contributed by atoms with E-state index < -0.39 is 6.10 Å². The molecule has 5 nitrogen and oxygen atoms in total. The summed E-state index contributed by atoms with van der Waals surface area (Å²) in [7, 11) is 0. The van der Waals surface area contributed by atoms with Crippen LogP contribution >= 0.6 is 0 Å². The zero-order chi connectivity index (χ0) is 13.0. The summed E-state index contributed by atoms with van der Waals surface area (Å²) in [5.74, 6) is -0.176. The maximum atomic E-state index is 12.0. The van der Waals surface area contributed by atoms with Crippen molar-refractivity contribution in [3.8, 4) is 0 Å². The summed E-state index contributed by atoms with van der Waals surface area (Å²) in [6, 6.07) is 0. The molecular weight excluding hydrogens is 230 g/mol. The molecule has 1 aliphatic rings. The van der Waals surface area contributed by atoms with Crippen LogP contribution in [0.5, 0.6) is 0 Å². The number of nitrogens with zero attached hydrogens (tertiary/aromatic N) is 1. The van der Waals surface area contributed by atoms with Crippen molar-refractivity contribution < 1.29 is 9.90 Å². The van der Waals surface area contributed by atoms with E-state index in [0.29, 0.717) is 18.7 Å². The largest absolute Gasteiger partial charge is 0.391 e. The van der Waals surface area contributed by atoms with Gasteiger partial charge in [-0.1, -0.05) is 13.3 Å². The number of aromatic amines is 1. The zero-order valence-electron chi connectivity index (χ0n) is 10.8. The molecule has 1 unspecified atom stereocenters. The highest BCUT2D eigenvalue weighted by Crippen LogP contribution is 2.21. The summed E-state index contributed by atoms with van der Waals surface area (Å²) >= 11 is 0. The Bertz CT molecular complexity index is 414. The van der Waals surface area contributed by atoms with Crippen LogP contribution in [0.3, 0.4) is 0 Å². The molecule has 2 rings (SSSR count). The fourth-order valence-electron chi connectivity index (χ4n) is 2.40. The van der Waals surface area contributed by atoms with Crippen molar-refractivity contribution in [1.82, 2.24) is 15.5 Å². The highest BCUT2D eigenvalue weighted by Gasteiger charge is 2.21. The molecule has 1 aliphatic carbocycles. The van der Waals surface area contributed by atoms with Gasteiger partial charge in [-0.15, -0.1) is 0 Å². The van der Waals surface area contributed by atoms with Crippen LogP contribution in [0.4, 0.5) is 0 Å². The molecule has 0 aliphatic heterocycles. The SMILES string of the molecule is CCCC(O)CNC(=O)c1n[nH]c2c1CCCC2. The third kappa shape index (κ3) is 2.90. The second kappa shape index (κ2) is 6.00. The van der Waals surface area contributed by atoms with Crippen molar-refractivity contribution in [3.05, 3.63) is 17.0 Å². The molecule has 0 fully saturated rings. The highest BCUT2D eigenvalue weighted by molar-refractivity contribution is 5.94. The maximum Gasteiger partial charge on any atom is 0.272 e. The predicted octanol–water partition coefficient (Wildman–Crippen LogP) is 1.18. The Morgan fingerprint density at radius 1 is 1.50 bits per heavy atom. The van der Waals surface area contributed by atoms with Crippen LogP contribution in [0, 0.1) is 0 Å². The van der Waals surface area contributed by atoms with E-state index in [-0.39, 0.29) is 5.91 Å². The van der Waals surface area contributed by atoms with E-state index in [2.05, 4.69) is 15.5 Å². The Labute approximate surface area is 107 Å². The number of carbonyl (C=O) groups is 1. The fourth-order valence-corrected chi connectivity index (χ4v) is 2.40. The third-order valence-corrected chi connectivity index (χ3v) is 3.39. The number of fused-ring (bicyclic) bond motifs is 1. The number of rotatable bonds is 5. The lowest BCUT2D eigenvalue weighted by Gasteiger charge is -2.12. The van der Waals surface area contributed by atoms with Gasteiger partial charge in [0.15, 0.2) is 5.69 Å². The summed E-state index contributed by atoms with van der Waals surface area (Å²) < 4.78 is 0. The fraction of sp³-hybridized carbons (Fsp3) is 0.692. The number of aromatic nitrogens is 2. The van der Waals surface area contributed by atoms with Crippen LogP contribution in [0.1, 0.15) is 54.4 Å². The Hall–Kier alpha value is -1.36. The quantitative estimate of drug-likeness (QED) is 0.735.